The number of carbonyl (C=O) groups excluding carboxylic acids is 1. The summed E-state index contributed by atoms with van der Waals surface area (Å²) in [6, 6.07) is 8.23. The number of aliphatic hydroxyl groups excluding tert-OH is 2. The van der Waals surface area contributed by atoms with Gasteiger partial charge in [0.15, 0.2) is 6.35 Å². The maximum absolute atomic E-state index is 12.2. The molecule has 4 rings (SSSR count). The summed E-state index contributed by atoms with van der Waals surface area (Å²) in [6.45, 7) is 1.91. The number of nitrogens with one attached hydrogen (secondary N) is 3. The van der Waals surface area contributed by atoms with Crippen LogP contribution >= 0.6 is 0 Å². The summed E-state index contributed by atoms with van der Waals surface area (Å²) in [5.74, 6) is 0.0180. The maximum Gasteiger partial charge on any atom is 0.230 e. The summed E-state index contributed by atoms with van der Waals surface area (Å²) < 4.78 is 0. The third-order valence-electron chi connectivity index (χ3n) is 5.38. The second kappa shape index (κ2) is 6.09. The summed E-state index contributed by atoms with van der Waals surface area (Å²) in [5, 5.41) is 26.8. The maximum atomic E-state index is 12.2. The molecule has 1 amide bonds. The van der Waals surface area contributed by atoms with Gasteiger partial charge in [0, 0.05) is 6.04 Å². The lowest BCUT2D eigenvalue weighted by molar-refractivity contribution is -0.137. The average molecular weight is 332 g/mol. The van der Waals surface area contributed by atoms with Gasteiger partial charge in [-0.1, -0.05) is 24.3 Å². The zero-order chi connectivity index (χ0) is 16.8. The molecule has 0 spiro atoms. The molecule has 5 unspecified atom stereocenters. The van der Waals surface area contributed by atoms with E-state index in [4.69, 9.17) is 0 Å². The highest BCUT2D eigenvalue weighted by Gasteiger charge is 2.50. The van der Waals surface area contributed by atoms with Crippen LogP contribution in [0, 0.1) is 5.92 Å². The van der Waals surface area contributed by atoms with Crippen LogP contribution in [0.25, 0.3) is 0 Å². The Balaban J connectivity index is 1.56. The van der Waals surface area contributed by atoms with Crippen LogP contribution in [0.5, 0.6) is 0 Å². The molecule has 2 saturated heterocycles. The highest BCUT2D eigenvalue weighted by atomic mass is 16.3. The van der Waals surface area contributed by atoms with Gasteiger partial charge in [0.1, 0.15) is 0 Å². The van der Waals surface area contributed by atoms with Gasteiger partial charge in [-0.2, -0.15) is 0 Å². The highest BCUT2D eigenvalue weighted by Crippen LogP contribution is 2.40. The van der Waals surface area contributed by atoms with Gasteiger partial charge in [0.25, 0.3) is 0 Å². The fourth-order valence-corrected chi connectivity index (χ4v) is 3.82. The average Bonchev–Trinajstić information content (AvgIpc) is 3.35. The minimum Gasteiger partial charge on any atom is -0.395 e. The molecule has 2 heterocycles. The summed E-state index contributed by atoms with van der Waals surface area (Å²) in [7, 11) is 0. The lowest BCUT2D eigenvalue weighted by Gasteiger charge is -2.37. The van der Waals surface area contributed by atoms with Gasteiger partial charge < -0.3 is 15.5 Å². The second-order valence-electron chi connectivity index (χ2n) is 6.99. The molecule has 7 nitrogen and oxygen atoms in total. The van der Waals surface area contributed by atoms with Crippen LogP contribution in [0.4, 0.5) is 0 Å². The standard InChI is InChI=1S/C17H24N4O3/c1-9(10-2-4-11(5-3-10)12-6-7-12)21-15-14(13(8-22)20-21)16(23)19-17(24)18-15/h2-5,9,12-15,17-18,20,22,24H,6-8H2,1H3,(H,19,23). The Labute approximate surface area is 141 Å². The fourth-order valence-electron chi connectivity index (χ4n) is 3.82. The summed E-state index contributed by atoms with van der Waals surface area (Å²) in [5.41, 5.74) is 5.75. The normalized spacial score (nSPS) is 34.7. The van der Waals surface area contributed by atoms with Crippen LogP contribution in [0.2, 0.25) is 0 Å². The van der Waals surface area contributed by atoms with Crippen molar-refractivity contribution in [3.8, 4) is 0 Å². The van der Waals surface area contributed by atoms with Crippen molar-refractivity contribution in [1.82, 2.24) is 21.1 Å². The first kappa shape index (κ1) is 16.0. The third kappa shape index (κ3) is 2.72. The number of hydrogen-bond acceptors (Lipinski definition) is 6. The van der Waals surface area contributed by atoms with E-state index >= 15 is 0 Å². The van der Waals surface area contributed by atoms with E-state index in [1.165, 1.54) is 18.4 Å². The van der Waals surface area contributed by atoms with Crippen LogP contribution in [0.1, 0.15) is 42.9 Å². The van der Waals surface area contributed by atoms with E-state index in [0.717, 1.165) is 11.5 Å². The van der Waals surface area contributed by atoms with E-state index in [-0.39, 0.29) is 30.8 Å². The van der Waals surface area contributed by atoms with Crippen LogP contribution in [-0.4, -0.2) is 46.3 Å². The van der Waals surface area contributed by atoms with Gasteiger partial charge in [-0.3, -0.25) is 10.1 Å². The molecule has 0 bridgehead atoms. The predicted octanol–water partition coefficient (Wildman–Crippen LogP) is -0.256. The van der Waals surface area contributed by atoms with Gasteiger partial charge in [0.05, 0.1) is 24.7 Å². The van der Waals surface area contributed by atoms with E-state index in [9.17, 15) is 15.0 Å². The Bertz CT molecular complexity index is 619. The van der Waals surface area contributed by atoms with Gasteiger partial charge in [-0.25, -0.2) is 10.4 Å². The van der Waals surface area contributed by atoms with Crippen molar-refractivity contribution >= 4 is 5.91 Å². The molecule has 1 aromatic rings. The first-order valence-electron chi connectivity index (χ1n) is 8.58. The van der Waals surface area contributed by atoms with Crippen molar-refractivity contribution < 1.29 is 15.0 Å². The Kier molecular flexibility index (Phi) is 4.06. The monoisotopic (exact) mass is 332 g/mol. The summed E-state index contributed by atoms with van der Waals surface area (Å²) in [6.07, 6.45) is 1.11. The first-order chi connectivity index (χ1) is 11.6. The number of fused-ring (bicyclic) bond motifs is 1. The minimum atomic E-state index is -1.08. The number of aliphatic hydroxyl groups is 2. The molecule has 1 aromatic carbocycles. The van der Waals surface area contributed by atoms with Crippen LogP contribution < -0.4 is 16.1 Å². The molecule has 5 atom stereocenters. The van der Waals surface area contributed by atoms with Gasteiger partial charge in [-0.15, -0.1) is 0 Å². The van der Waals surface area contributed by atoms with Crippen molar-refractivity contribution in [2.45, 2.75) is 50.3 Å². The van der Waals surface area contributed by atoms with Crippen LogP contribution in [0.3, 0.4) is 0 Å². The fraction of sp³-hybridized carbons (Fsp3) is 0.588. The van der Waals surface area contributed by atoms with Crippen molar-refractivity contribution in [2.24, 2.45) is 5.92 Å². The quantitative estimate of drug-likeness (QED) is 0.521. The summed E-state index contributed by atoms with van der Waals surface area (Å²) >= 11 is 0. The number of hydrogen-bond donors (Lipinski definition) is 5. The Morgan fingerprint density at radius 2 is 2.00 bits per heavy atom. The first-order valence-corrected chi connectivity index (χ1v) is 8.58. The molecule has 5 N–H and O–H groups in total. The SMILES string of the molecule is CC(c1ccc(C2CC2)cc1)N1NC(CO)C2C(=O)NC(O)NC21. The highest BCUT2D eigenvalue weighted by molar-refractivity contribution is 5.81. The predicted molar refractivity (Wildman–Crippen MR) is 87.2 cm³/mol. The minimum absolute atomic E-state index is 0.00657. The molecular formula is C17H24N4O3. The molecule has 2 aliphatic heterocycles. The van der Waals surface area contributed by atoms with Crippen molar-refractivity contribution in [3.63, 3.8) is 0 Å². The molecule has 0 radical (unpaired) electrons. The van der Waals surface area contributed by atoms with Crippen LogP contribution in [-0.2, 0) is 4.79 Å². The molecular weight excluding hydrogens is 308 g/mol. The van der Waals surface area contributed by atoms with Gasteiger partial charge >= 0.3 is 0 Å². The van der Waals surface area contributed by atoms with E-state index < -0.39 is 12.3 Å². The number of rotatable bonds is 4. The zero-order valence-electron chi connectivity index (χ0n) is 13.6. The second-order valence-corrected chi connectivity index (χ2v) is 6.99. The van der Waals surface area contributed by atoms with E-state index in [2.05, 4.69) is 47.2 Å². The van der Waals surface area contributed by atoms with Crippen molar-refractivity contribution in [3.05, 3.63) is 35.4 Å². The molecule has 1 aliphatic carbocycles. The van der Waals surface area contributed by atoms with Crippen molar-refractivity contribution in [2.75, 3.05) is 6.61 Å². The molecule has 3 fully saturated rings. The van der Waals surface area contributed by atoms with E-state index in [1.807, 2.05) is 5.01 Å². The Hall–Kier alpha value is -1.51. The van der Waals surface area contributed by atoms with Crippen molar-refractivity contribution in [1.29, 1.82) is 0 Å². The number of carbonyl (C=O) groups is 1. The smallest absolute Gasteiger partial charge is 0.230 e. The molecule has 7 heteroatoms. The molecule has 130 valence electrons. The molecule has 24 heavy (non-hydrogen) atoms. The lowest BCUT2D eigenvalue weighted by Crippen LogP contribution is -2.64. The van der Waals surface area contributed by atoms with E-state index in [0.29, 0.717) is 0 Å². The Morgan fingerprint density at radius 1 is 1.29 bits per heavy atom. The molecule has 1 saturated carbocycles. The summed E-state index contributed by atoms with van der Waals surface area (Å²) in [4.78, 5) is 12.2. The van der Waals surface area contributed by atoms with Gasteiger partial charge in [-0.05, 0) is 36.8 Å². The van der Waals surface area contributed by atoms with Gasteiger partial charge in [0.2, 0.25) is 5.91 Å². The number of benzene rings is 1. The lowest BCUT2D eigenvalue weighted by atomic mass is 9.96. The van der Waals surface area contributed by atoms with E-state index in [1.54, 1.807) is 0 Å². The number of amides is 1. The topological polar surface area (TPSA) is 96.9 Å². The number of hydrazine groups is 1. The largest absolute Gasteiger partial charge is 0.395 e. The molecule has 0 aromatic heterocycles. The van der Waals surface area contributed by atoms with Crippen LogP contribution in [0.15, 0.2) is 24.3 Å². The molecule has 3 aliphatic rings. The Morgan fingerprint density at radius 3 is 2.62 bits per heavy atom. The zero-order valence-corrected chi connectivity index (χ0v) is 13.6. The number of nitrogens with zero attached hydrogens (tertiary/aromatic N) is 1. The third-order valence-corrected chi connectivity index (χ3v) is 5.38.